The fourth-order valence-electron chi connectivity index (χ4n) is 10.7. The number of carbonyl (C=O) groups excluding carboxylic acids is 3. The summed E-state index contributed by atoms with van der Waals surface area (Å²) in [5, 5.41) is 0. The van der Waals surface area contributed by atoms with Crippen molar-refractivity contribution in [2.75, 3.05) is 13.2 Å². The summed E-state index contributed by atoms with van der Waals surface area (Å²) in [6.45, 7) is 6.53. The van der Waals surface area contributed by atoms with Gasteiger partial charge in [-0.3, -0.25) is 14.4 Å². The molecule has 1 atom stereocenters. The predicted octanol–water partition coefficient (Wildman–Crippen LogP) is 24.7. The Kier molecular flexibility index (Phi) is 67.1. The Labute approximate surface area is 504 Å². The molecular formula is C75H136O6. The van der Waals surface area contributed by atoms with Crippen molar-refractivity contribution >= 4 is 17.9 Å². The maximum Gasteiger partial charge on any atom is 0.306 e. The summed E-state index contributed by atoms with van der Waals surface area (Å²) >= 11 is 0. The van der Waals surface area contributed by atoms with E-state index in [1.54, 1.807) is 0 Å². The highest BCUT2D eigenvalue weighted by Crippen LogP contribution is 2.19. The summed E-state index contributed by atoms with van der Waals surface area (Å²) in [7, 11) is 0. The average Bonchev–Trinajstić information content (AvgIpc) is 3.46. The van der Waals surface area contributed by atoms with Crippen LogP contribution < -0.4 is 0 Å². The van der Waals surface area contributed by atoms with Gasteiger partial charge in [-0.1, -0.05) is 338 Å². The lowest BCUT2D eigenvalue weighted by Gasteiger charge is -2.18. The van der Waals surface area contributed by atoms with Crippen LogP contribution in [0.5, 0.6) is 0 Å². The number of hydrogen-bond donors (Lipinski definition) is 0. The summed E-state index contributed by atoms with van der Waals surface area (Å²) in [4.78, 5) is 38.4. The van der Waals surface area contributed by atoms with Gasteiger partial charge in [0.25, 0.3) is 0 Å². The van der Waals surface area contributed by atoms with Crippen LogP contribution in [0.3, 0.4) is 0 Å². The lowest BCUT2D eigenvalue weighted by molar-refractivity contribution is -0.167. The number of rotatable bonds is 66. The van der Waals surface area contributed by atoms with Crippen molar-refractivity contribution in [1.29, 1.82) is 0 Å². The normalized spacial score (nSPS) is 12.4. The largest absolute Gasteiger partial charge is 0.462 e. The van der Waals surface area contributed by atoms with Gasteiger partial charge in [-0.05, 0) is 83.5 Å². The maximum absolute atomic E-state index is 12.9. The number of hydrogen-bond acceptors (Lipinski definition) is 6. The maximum atomic E-state index is 12.9. The lowest BCUT2D eigenvalue weighted by Crippen LogP contribution is -2.30. The first-order valence-corrected chi connectivity index (χ1v) is 35.8. The van der Waals surface area contributed by atoms with Gasteiger partial charge in [0.15, 0.2) is 6.10 Å². The Hall–Kier alpha value is -2.89. The van der Waals surface area contributed by atoms with Crippen molar-refractivity contribution in [3.05, 3.63) is 60.8 Å². The topological polar surface area (TPSA) is 78.9 Å². The molecule has 0 rings (SSSR count). The first-order valence-electron chi connectivity index (χ1n) is 35.8. The zero-order chi connectivity index (χ0) is 58.5. The van der Waals surface area contributed by atoms with E-state index in [-0.39, 0.29) is 31.1 Å². The van der Waals surface area contributed by atoms with Gasteiger partial charge >= 0.3 is 17.9 Å². The molecule has 0 saturated heterocycles. The predicted molar refractivity (Wildman–Crippen MR) is 353 cm³/mol. The van der Waals surface area contributed by atoms with E-state index in [0.29, 0.717) is 19.3 Å². The Bertz CT molecular complexity index is 1440. The molecule has 0 N–H and O–H groups in total. The van der Waals surface area contributed by atoms with Gasteiger partial charge in [0.1, 0.15) is 13.2 Å². The van der Waals surface area contributed by atoms with E-state index >= 15 is 0 Å². The number of carbonyl (C=O) groups is 3. The third-order valence-electron chi connectivity index (χ3n) is 16.0. The number of ether oxygens (including phenoxy) is 3. The molecule has 6 nitrogen and oxygen atoms in total. The third-order valence-corrected chi connectivity index (χ3v) is 16.0. The van der Waals surface area contributed by atoms with Crippen molar-refractivity contribution in [3.8, 4) is 0 Å². The summed E-state index contributed by atoms with van der Waals surface area (Å²) in [6.07, 6.45) is 89.9. The standard InChI is InChI=1S/C75H136O6/c1-4-7-10-13-16-19-22-25-27-29-31-32-33-34-35-36-37-38-39-40-41-42-43-44-46-47-50-53-56-59-62-65-68-74(77)80-71-72(70-79-73(76)67-64-61-58-55-52-49-24-21-18-15-12-9-6-3)81-75(78)69-66-63-60-57-54-51-48-45-30-28-26-23-20-17-14-11-8-5-2/h9,12,18,20-21,23,28,30,49,52,72H,4-8,10-11,13-17,19,22,24-27,29,31-48,50-51,53-71H2,1-3H3/b12-9-,21-18-,23-20-,30-28-,52-49-. The van der Waals surface area contributed by atoms with Crippen LogP contribution >= 0.6 is 0 Å². The third kappa shape index (κ3) is 67.8. The fraction of sp³-hybridized carbons (Fsp3) is 0.827. The average molecular weight is 1130 g/mol. The molecule has 0 aliphatic heterocycles. The van der Waals surface area contributed by atoms with Crippen molar-refractivity contribution < 1.29 is 28.6 Å². The van der Waals surface area contributed by atoms with E-state index in [4.69, 9.17) is 14.2 Å². The highest BCUT2D eigenvalue weighted by Gasteiger charge is 2.19. The van der Waals surface area contributed by atoms with Gasteiger partial charge in [0.2, 0.25) is 0 Å². The van der Waals surface area contributed by atoms with Crippen LogP contribution in [0.15, 0.2) is 60.8 Å². The summed E-state index contributed by atoms with van der Waals surface area (Å²) < 4.78 is 16.9. The van der Waals surface area contributed by atoms with Crippen molar-refractivity contribution in [1.82, 2.24) is 0 Å². The zero-order valence-corrected chi connectivity index (χ0v) is 54.3. The molecular weight excluding hydrogens is 997 g/mol. The molecule has 0 radical (unpaired) electrons. The van der Waals surface area contributed by atoms with Crippen LogP contribution in [0, 0.1) is 0 Å². The molecule has 472 valence electrons. The van der Waals surface area contributed by atoms with Crippen LogP contribution in [-0.2, 0) is 28.6 Å². The minimum absolute atomic E-state index is 0.0839. The summed E-state index contributed by atoms with van der Waals surface area (Å²) in [5.74, 6) is -0.902. The van der Waals surface area contributed by atoms with Crippen molar-refractivity contribution in [2.45, 2.75) is 386 Å². The Morgan fingerprint density at radius 1 is 0.259 bits per heavy atom. The summed E-state index contributed by atoms with van der Waals surface area (Å²) in [5.41, 5.74) is 0. The number of allylic oxidation sites excluding steroid dienone is 10. The molecule has 0 aromatic carbocycles. The molecule has 0 spiro atoms. The molecule has 0 aromatic rings. The van der Waals surface area contributed by atoms with E-state index in [1.807, 2.05) is 0 Å². The zero-order valence-electron chi connectivity index (χ0n) is 54.3. The van der Waals surface area contributed by atoms with Gasteiger partial charge in [-0.25, -0.2) is 0 Å². The van der Waals surface area contributed by atoms with Gasteiger partial charge in [-0.2, -0.15) is 0 Å². The second-order valence-corrected chi connectivity index (χ2v) is 24.1. The van der Waals surface area contributed by atoms with Gasteiger partial charge < -0.3 is 14.2 Å². The van der Waals surface area contributed by atoms with E-state index in [9.17, 15) is 14.4 Å². The van der Waals surface area contributed by atoms with Gasteiger partial charge in [0, 0.05) is 19.3 Å². The minimum Gasteiger partial charge on any atom is -0.462 e. The number of unbranched alkanes of at least 4 members (excludes halogenated alkanes) is 45. The Morgan fingerprint density at radius 2 is 0.481 bits per heavy atom. The van der Waals surface area contributed by atoms with E-state index in [1.165, 1.54) is 244 Å². The molecule has 0 fully saturated rings. The summed E-state index contributed by atoms with van der Waals surface area (Å²) in [6, 6.07) is 0. The Balaban J connectivity index is 4.15. The van der Waals surface area contributed by atoms with E-state index in [0.717, 1.165) is 96.3 Å². The fourth-order valence-corrected chi connectivity index (χ4v) is 10.7. The van der Waals surface area contributed by atoms with Gasteiger partial charge in [0.05, 0.1) is 0 Å². The molecule has 0 amide bonds. The highest BCUT2D eigenvalue weighted by atomic mass is 16.6. The number of esters is 3. The van der Waals surface area contributed by atoms with Gasteiger partial charge in [-0.15, -0.1) is 0 Å². The quantitative estimate of drug-likeness (QED) is 0.0261. The van der Waals surface area contributed by atoms with E-state index < -0.39 is 6.10 Å². The van der Waals surface area contributed by atoms with E-state index in [2.05, 4.69) is 81.5 Å². The smallest absolute Gasteiger partial charge is 0.306 e. The van der Waals surface area contributed by atoms with Crippen molar-refractivity contribution in [2.24, 2.45) is 0 Å². The monoisotopic (exact) mass is 1130 g/mol. The lowest BCUT2D eigenvalue weighted by atomic mass is 10.0. The molecule has 0 saturated carbocycles. The van der Waals surface area contributed by atoms with Crippen LogP contribution in [0.2, 0.25) is 0 Å². The molecule has 81 heavy (non-hydrogen) atoms. The Morgan fingerprint density at radius 3 is 0.778 bits per heavy atom. The van der Waals surface area contributed by atoms with Crippen LogP contribution in [0.4, 0.5) is 0 Å². The molecule has 1 unspecified atom stereocenters. The first kappa shape index (κ1) is 78.1. The van der Waals surface area contributed by atoms with Crippen LogP contribution in [0.25, 0.3) is 0 Å². The molecule has 0 aliphatic rings. The second kappa shape index (κ2) is 69.6. The second-order valence-electron chi connectivity index (χ2n) is 24.1. The molecule has 0 heterocycles. The molecule has 0 aliphatic carbocycles. The molecule has 6 heteroatoms. The van der Waals surface area contributed by atoms with Crippen LogP contribution in [-0.4, -0.2) is 37.2 Å². The highest BCUT2D eigenvalue weighted by molar-refractivity contribution is 5.71. The minimum atomic E-state index is -0.791. The molecule has 0 bridgehead atoms. The van der Waals surface area contributed by atoms with Crippen molar-refractivity contribution in [3.63, 3.8) is 0 Å². The molecule has 0 aromatic heterocycles. The SMILES string of the molecule is CC/C=C\C/C=C\C/C=C\CCCCCC(=O)OCC(COC(=O)CCCCCCCCCCCCCCCCCCCCCCCCCCCCCCCCCC)OC(=O)CCCCCCCCC/C=C\C/C=C\CCCCCC. The van der Waals surface area contributed by atoms with Crippen LogP contribution in [0.1, 0.15) is 380 Å². The first-order chi connectivity index (χ1) is 40.0.